The van der Waals surface area contributed by atoms with E-state index in [1.807, 2.05) is 12.1 Å². The largest absolute Gasteiger partial charge is 0.854 e. The molecular weight excluding hydrogens is 444 g/mol. The number of para-hydroxylation sites is 1. The lowest BCUT2D eigenvalue weighted by molar-refractivity contribution is -0.765. The van der Waals surface area contributed by atoms with Crippen LogP contribution in [0.15, 0.2) is 63.3 Å². The van der Waals surface area contributed by atoms with Gasteiger partial charge in [-0.25, -0.2) is 9.88 Å². The van der Waals surface area contributed by atoms with Crippen molar-refractivity contribution in [2.24, 2.45) is 0 Å². The third-order valence-electron chi connectivity index (χ3n) is 4.24. The normalized spacial score (nSPS) is 15.1. The summed E-state index contributed by atoms with van der Waals surface area (Å²) in [5.41, 5.74) is 1.53. The van der Waals surface area contributed by atoms with Gasteiger partial charge in [-0.3, -0.25) is 4.79 Å². The maximum absolute atomic E-state index is 12.9. The summed E-state index contributed by atoms with van der Waals surface area (Å²) in [5.74, 6) is 0.422. The molecule has 9 heteroatoms. The second kappa shape index (κ2) is 7.40. The van der Waals surface area contributed by atoms with Crippen LogP contribution in [0.3, 0.4) is 0 Å². The molecule has 1 aromatic carbocycles. The van der Waals surface area contributed by atoms with Gasteiger partial charge in [0.05, 0.1) is 17.1 Å². The Morgan fingerprint density at radius 3 is 2.89 bits per heavy atom. The first-order valence-electron chi connectivity index (χ1n) is 8.40. The molecule has 0 spiro atoms. The lowest BCUT2D eigenvalue weighted by Gasteiger charge is -2.31. The molecule has 28 heavy (non-hydrogen) atoms. The fourth-order valence-corrected chi connectivity index (χ4v) is 4.07. The van der Waals surface area contributed by atoms with Gasteiger partial charge in [0.25, 0.3) is 10.9 Å². The van der Waals surface area contributed by atoms with Gasteiger partial charge in [-0.2, -0.15) is 0 Å². The standard InChI is InChI=1S/C19H15BrN4O3S/c1-3-10-28-19-21-17(26)16-12-6-4-5-7-13(12)23(11(2)25)18(24(16)22-19)14-8-9-15(20)27-14/h3-9,18H,1,10H2,2H3. The molecule has 1 unspecified atom stereocenters. The lowest BCUT2D eigenvalue weighted by atomic mass is 10.0. The zero-order valence-electron chi connectivity index (χ0n) is 14.8. The van der Waals surface area contributed by atoms with Crippen LogP contribution in [0, 0.1) is 0 Å². The highest BCUT2D eigenvalue weighted by atomic mass is 79.9. The van der Waals surface area contributed by atoms with Gasteiger partial charge in [0.2, 0.25) is 5.91 Å². The van der Waals surface area contributed by atoms with E-state index in [0.29, 0.717) is 38.3 Å². The number of carbonyl (C=O) groups is 1. The topological polar surface area (TPSA) is 86.2 Å². The first-order chi connectivity index (χ1) is 13.5. The van der Waals surface area contributed by atoms with Crippen molar-refractivity contribution >= 4 is 39.3 Å². The Bertz CT molecular complexity index is 1080. The number of anilines is 1. The van der Waals surface area contributed by atoms with E-state index in [-0.39, 0.29) is 5.91 Å². The summed E-state index contributed by atoms with van der Waals surface area (Å²) >= 11 is 4.60. The number of thioether (sulfide) groups is 1. The van der Waals surface area contributed by atoms with Crippen molar-refractivity contribution in [1.82, 2.24) is 10.1 Å². The third-order valence-corrected chi connectivity index (χ3v) is 5.49. The Morgan fingerprint density at radius 2 is 2.21 bits per heavy atom. The van der Waals surface area contributed by atoms with Crippen molar-refractivity contribution in [2.75, 3.05) is 10.7 Å². The molecule has 0 N–H and O–H groups in total. The predicted molar refractivity (Wildman–Crippen MR) is 106 cm³/mol. The first-order valence-corrected chi connectivity index (χ1v) is 10.2. The molecule has 4 rings (SSSR count). The predicted octanol–water partition coefficient (Wildman–Crippen LogP) is 3.05. The van der Waals surface area contributed by atoms with E-state index < -0.39 is 12.0 Å². The van der Waals surface area contributed by atoms with E-state index in [1.54, 1.807) is 35.2 Å². The zero-order chi connectivity index (χ0) is 19.8. The van der Waals surface area contributed by atoms with Crippen molar-refractivity contribution in [3.05, 3.63) is 59.5 Å². The summed E-state index contributed by atoms with van der Waals surface area (Å²) in [4.78, 5) is 18.3. The second-order valence-corrected chi connectivity index (χ2v) is 7.78. The molecule has 0 saturated heterocycles. The smallest absolute Gasteiger partial charge is 0.325 e. The maximum atomic E-state index is 12.9. The molecule has 0 bridgehead atoms. The molecule has 2 aromatic heterocycles. The average molecular weight is 459 g/mol. The minimum absolute atomic E-state index is 0.200. The summed E-state index contributed by atoms with van der Waals surface area (Å²) in [6, 6.07) is 10.7. The number of rotatable bonds is 4. The maximum Gasteiger partial charge on any atom is 0.325 e. The molecular formula is C19H15BrN4O3S. The van der Waals surface area contributed by atoms with Crippen LogP contribution in [0.2, 0.25) is 0 Å². The SMILES string of the molecule is C=CCSc1nc([O-])c2[n+](n1)C(c1ccc(Br)o1)N(C(C)=O)c1ccccc1-2. The lowest BCUT2D eigenvalue weighted by Crippen LogP contribution is -2.58. The van der Waals surface area contributed by atoms with E-state index in [2.05, 4.69) is 32.6 Å². The van der Waals surface area contributed by atoms with E-state index >= 15 is 0 Å². The summed E-state index contributed by atoms with van der Waals surface area (Å²) < 4.78 is 7.79. The van der Waals surface area contributed by atoms with Crippen molar-refractivity contribution in [3.63, 3.8) is 0 Å². The van der Waals surface area contributed by atoms with Crippen LogP contribution in [-0.4, -0.2) is 21.7 Å². The first kappa shape index (κ1) is 18.7. The van der Waals surface area contributed by atoms with E-state index in [9.17, 15) is 9.90 Å². The Hall–Kier alpha value is -2.65. The Labute approximate surface area is 173 Å². The number of hydrogen-bond donors (Lipinski definition) is 0. The van der Waals surface area contributed by atoms with Crippen molar-refractivity contribution < 1.29 is 19.0 Å². The number of fused-ring (bicyclic) bond motifs is 3. The molecule has 1 amide bonds. The average Bonchev–Trinajstić information content (AvgIpc) is 3.10. The summed E-state index contributed by atoms with van der Waals surface area (Å²) in [5, 5.41) is 17.8. The molecule has 142 valence electrons. The third kappa shape index (κ3) is 3.10. The monoisotopic (exact) mass is 458 g/mol. The molecule has 3 heterocycles. The molecule has 0 fully saturated rings. The molecule has 3 aromatic rings. The molecule has 0 radical (unpaired) electrons. The van der Waals surface area contributed by atoms with Gasteiger partial charge in [-0.05, 0) is 44.9 Å². The minimum Gasteiger partial charge on any atom is -0.854 e. The van der Waals surface area contributed by atoms with Crippen LogP contribution in [0.4, 0.5) is 5.69 Å². The zero-order valence-corrected chi connectivity index (χ0v) is 17.2. The second-order valence-electron chi connectivity index (χ2n) is 6.01. The van der Waals surface area contributed by atoms with Gasteiger partial charge < -0.3 is 9.52 Å². The minimum atomic E-state index is -0.743. The number of amides is 1. The number of furan rings is 1. The fraction of sp³-hybridized carbons (Fsp3) is 0.158. The fourth-order valence-electron chi connectivity index (χ4n) is 3.19. The van der Waals surface area contributed by atoms with Gasteiger partial charge in [-0.15, -0.1) is 6.58 Å². The van der Waals surface area contributed by atoms with Crippen molar-refractivity contribution in [2.45, 2.75) is 18.2 Å². The van der Waals surface area contributed by atoms with Gasteiger partial charge in [-0.1, -0.05) is 30.0 Å². The highest BCUT2D eigenvalue weighted by molar-refractivity contribution is 9.10. The Balaban J connectivity index is 2.01. The van der Waals surface area contributed by atoms with Crippen LogP contribution in [0.1, 0.15) is 18.8 Å². The number of hydrogen-bond acceptors (Lipinski definition) is 6. The highest BCUT2D eigenvalue weighted by Gasteiger charge is 2.45. The molecule has 7 nitrogen and oxygen atoms in total. The number of nitrogens with zero attached hydrogens (tertiary/aromatic N) is 4. The van der Waals surface area contributed by atoms with Crippen LogP contribution in [-0.2, 0) is 4.79 Å². The number of aromatic nitrogens is 3. The highest BCUT2D eigenvalue weighted by Crippen LogP contribution is 2.41. The van der Waals surface area contributed by atoms with Gasteiger partial charge in [0.1, 0.15) is 0 Å². The molecule has 0 aliphatic carbocycles. The number of benzene rings is 1. The number of carbonyl (C=O) groups excluding carboxylic acids is 1. The van der Waals surface area contributed by atoms with Gasteiger partial charge in [0.15, 0.2) is 10.4 Å². The van der Waals surface area contributed by atoms with Crippen LogP contribution >= 0.6 is 27.7 Å². The van der Waals surface area contributed by atoms with Crippen LogP contribution in [0.25, 0.3) is 11.3 Å². The number of halogens is 1. The quantitative estimate of drug-likeness (QED) is 0.339. The van der Waals surface area contributed by atoms with Crippen LogP contribution in [0.5, 0.6) is 5.88 Å². The van der Waals surface area contributed by atoms with Crippen molar-refractivity contribution in [1.29, 1.82) is 0 Å². The molecule has 1 aliphatic rings. The van der Waals surface area contributed by atoms with E-state index in [0.717, 1.165) is 0 Å². The molecule has 0 saturated carbocycles. The van der Waals surface area contributed by atoms with Gasteiger partial charge in [0, 0.05) is 17.8 Å². The summed E-state index contributed by atoms with van der Waals surface area (Å²) in [6.07, 6.45) is 0.966. The molecule has 1 atom stereocenters. The summed E-state index contributed by atoms with van der Waals surface area (Å²) in [6.45, 7) is 5.15. The van der Waals surface area contributed by atoms with E-state index in [4.69, 9.17) is 4.42 Å². The van der Waals surface area contributed by atoms with E-state index in [1.165, 1.54) is 23.4 Å². The Morgan fingerprint density at radius 1 is 1.43 bits per heavy atom. The van der Waals surface area contributed by atoms with Crippen LogP contribution < -0.4 is 14.7 Å². The molecule has 1 aliphatic heterocycles. The van der Waals surface area contributed by atoms with Gasteiger partial charge >= 0.3 is 6.17 Å². The summed E-state index contributed by atoms with van der Waals surface area (Å²) in [7, 11) is 0. The van der Waals surface area contributed by atoms with Crippen molar-refractivity contribution in [3.8, 4) is 17.1 Å². The Kier molecular flexibility index (Phi) is 4.94.